The Hall–Kier alpha value is -5.90. The molecular formula is C42H44N4O6. The fraction of sp³-hybridized carbons (Fsp3) is 0.286. The van der Waals surface area contributed by atoms with Crippen LogP contribution in [0.3, 0.4) is 0 Å². The number of para-hydroxylation sites is 2. The van der Waals surface area contributed by atoms with E-state index in [9.17, 15) is 19.2 Å². The second-order valence-corrected chi connectivity index (χ2v) is 13.0. The molecule has 4 aromatic carbocycles. The van der Waals surface area contributed by atoms with Gasteiger partial charge in [-0.15, -0.1) is 0 Å². The zero-order valence-corrected chi connectivity index (χ0v) is 29.5. The van der Waals surface area contributed by atoms with Crippen LogP contribution in [0.2, 0.25) is 0 Å². The van der Waals surface area contributed by atoms with Crippen molar-refractivity contribution in [2.45, 2.75) is 50.6 Å². The van der Waals surface area contributed by atoms with Crippen LogP contribution in [0.4, 0.5) is 11.4 Å². The maximum Gasteiger partial charge on any atom is 0.247 e. The normalized spacial score (nSPS) is 16.9. The molecule has 2 aliphatic rings. The van der Waals surface area contributed by atoms with Gasteiger partial charge in [0.25, 0.3) is 0 Å². The van der Waals surface area contributed by atoms with Gasteiger partial charge in [-0.3, -0.25) is 19.2 Å². The molecule has 10 heteroatoms. The van der Waals surface area contributed by atoms with Crippen molar-refractivity contribution < 1.29 is 28.7 Å². The summed E-state index contributed by atoms with van der Waals surface area (Å²) in [6.45, 7) is 1.10. The Morgan fingerprint density at radius 1 is 0.596 bits per heavy atom. The third-order valence-corrected chi connectivity index (χ3v) is 9.64. The Labute approximate surface area is 304 Å². The molecule has 2 atom stereocenters. The zero-order valence-electron chi connectivity index (χ0n) is 29.5. The average Bonchev–Trinajstić information content (AvgIpc) is 3.87. The van der Waals surface area contributed by atoms with E-state index >= 15 is 0 Å². The Balaban J connectivity index is 0.990. The number of nitrogens with zero attached hydrogens (tertiary/aromatic N) is 2. The van der Waals surface area contributed by atoms with E-state index < -0.39 is 12.1 Å². The summed E-state index contributed by atoms with van der Waals surface area (Å²) in [5.74, 6) is 0.754. The predicted octanol–water partition coefficient (Wildman–Crippen LogP) is 6.22. The highest BCUT2D eigenvalue weighted by Crippen LogP contribution is 2.26. The van der Waals surface area contributed by atoms with E-state index in [0.29, 0.717) is 48.8 Å². The van der Waals surface area contributed by atoms with Crippen molar-refractivity contribution in [1.29, 1.82) is 0 Å². The number of methoxy groups -OCH3 is 2. The molecule has 0 unspecified atom stereocenters. The predicted molar refractivity (Wildman–Crippen MR) is 202 cm³/mol. The third kappa shape index (κ3) is 8.69. The number of likely N-dealkylation sites (tertiary alicyclic amines) is 2. The number of carbonyl (C=O) groups is 4. The molecule has 2 aliphatic heterocycles. The Bertz CT molecular complexity index is 1780. The molecule has 268 valence electrons. The van der Waals surface area contributed by atoms with Gasteiger partial charge in [-0.05, 0) is 73.2 Å². The van der Waals surface area contributed by atoms with Crippen molar-refractivity contribution in [3.8, 4) is 11.5 Å². The van der Waals surface area contributed by atoms with E-state index in [1.165, 1.54) is 0 Å². The van der Waals surface area contributed by atoms with Crippen molar-refractivity contribution in [2.24, 2.45) is 0 Å². The molecule has 2 N–H and O–H groups in total. The molecule has 2 saturated heterocycles. The summed E-state index contributed by atoms with van der Waals surface area (Å²) >= 11 is 0. The first kappa shape index (κ1) is 35.9. The maximum atomic E-state index is 13.2. The Morgan fingerprint density at radius 3 is 1.37 bits per heavy atom. The van der Waals surface area contributed by atoms with Gasteiger partial charge >= 0.3 is 0 Å². The highest BCUT2D eigenvalue weighted by atomic mass is 16.5. The molecule has 2 heterocycles. The SMILES string of the molecule is COc1ccccc1CC(=O)N1CCC[C@H]1C(=O)Nc1ccc(/C=C/c2ccc(NC(=O)[C@@H]3CCCN3C(=O)Cc3ccccc3OC)cc2)cc1. The summed E-state index contributed by atoms with van der Waals surface area (Å²) < 4.78 is 10.8. The van der Waals surface area contributed by atoms with Gasteiger partial charge in [-0.25, -0.2) is 0 Å². The molecule has 6 rings (SSSR count). The number of benzene rings is 4. The molecule has 0 bridgehead atoms. The molecule has 0 spiro atoms. The van der Waals surface area contributed by atoms with Gasteiger partial charge in [0.15, 0.2) is 0 Å². The first-order valence-electron chi connectivity index (χ1n) is 17.7. The minimum Gasteiger partial charge on any atom is -0.496 e. The van der Waals surface area contributed by atoms with Crippen molar-refractivity contribution in [1.82, 2.24) is 9.80 Å². The number of hydrogen-bond acceptors (Lipinski definition) is 6. The van der Waals surface area contributed by atoms with Crippen LogP contribution in [0.1, 0.15) is 47.9 Å². The maximum absolute atomic E-state index is 13.2. The number of carbonyl (C=O) groups excluding carboxylic acids is 4. The summed E-state index contributed by atoms with van der Waals surface area (Å²) in [5, 5.41) is 5.96. The van der Waals surface area contributed by atoms with Gasteiger partial charge in [-0.1, -0.05) is 72.8 Å². The van der Waals surface area contributed by atoms with E-state index in [1.807, 2.05) is 109 Å². The second kappa shape index (κ2) is 16.9. The smallest absolute Gasteiger partial charge is 0.247 e. The topological polar surface area (TPSA) is 117 Å². The molecule has 2 fully saturated rings. The van der Waals surface area contributed by atoms with Gasteiger partial charge in [0.2, 0.25) is 23.6 Å². The van der Waals surface area contributed by atoms with Gasteiger partial charge < -0.3 is 29.9 Å². The number of hydrogen-bond donors (Lipinski definition) is 2. The van der Waals surface area contributed by atoms with Crippen molar-refractivity contribution in [3.63, 3.8) is 0 Å². The van der Waals surface area contributed by atoms with Gasteiger partial charge in [0.05, 0.1) is 27.1 Å². The van der Waals surface area contributed by atoms with E-state index in [1.54, 1.807) is 24.0 Å². The molecular weight excluding hydrogens is 656 g/mol. The molecule has 52 heavy (non-hydrogen) atoms. The van der Waals surface area contributed by atoms with E-state index in [2.05, 4.69) is 10.6 Å². The van der Waals surface area contributed by atoms with Crippen LogP contribution < -0.4 is 20.1 Å². The highest BCUT2D eigenvalue weighted by Gasteiger charge is 2.35. The van der Waals surface area contributed by atoms with E-state index in [4.69, 9.17) is 9.47 Å². The molecule has 0 aliphatic carbocycles. The lowest BCUT2D eigenvalue weighted by molar-refractivity contribution is -0.136. The minimum atomic E-state index is -0.515. The van der Waals surface area contributed by atoms with Crippen molar-refractivity contribution in [2.75, 3.05) is 37.9 Å². The summed E-state index contributed by atoms with van der Waals surface area (Å²) in [5.41, 5.74) is 4.82. The average molecular weight is 701 g/mol. The Morgan fingerprint density at radius 2 is 0.981 bits per heavy atom. The molecule has 10 nitrogen and oxygen atoms in total. The van der Waals surface area contributed by atoms with Crippen LogP contribution >= 0.6 is 0 Å². The molecule has 0 radical (unpaired) electrons. The molecule has 0 aromatic heterocycles. The third-order valence-electron chi connectivity index (χ3n) is 9.64. The largest absolute Gasteiger partial charge is 0.496 e. The second-order valence-electron chi connectivity index (χ2n) is 13.0. The lowest BCUT2D eigenvalue weighted by Crippen LogP contribution is -2.43. The van der Waals surface area contributed by atoms with Crippen LogP contribution in [0, 0.1) is 0 Å². The molecule has 4 amide bonds. The molecule has 0 saturated carbocycles. The number of amides is 4. The highest BCUT2D eigenvalue weighted by molar-refractivity contribution is 5.99. The van der Waals surface area contributed by atoms with Crippen molar-refractivity contribution in [3.05, 3.63) is 119 Å². The lowest BCUT2D eigenvalue weighted by Gasteiger charge is -2.24. The van der Waals surface area contributed by atoms with Gasteiger partial charge in [-0.2, -0.15) is 0 Å². The number of anilines is 2. The van der Waals surface area contributed by atoms with Gasteiger partial charge in [0.1, 0.15) is 23.6 Å². The number of nitrogens with one attached hydrogen (secondary N) is 2. The lowest BCUT2D eigenvalue weighted by atomic mass is 10.1. The number of ether oxygens (including phenoxy) is 2. The van der Waals surface area contributed by atoms with Crippen LogP contribution in [-0.4, -0.2) is 72.8 Å². The summed E-state index contributed by atoms with van der Waals surface area (Å²) in [6.07, 6.45) is 7.10. The van der Waals surface area contributed by atoms with Crippen molar-refractivity contribution >= 4 is 47.2 Å². The summed E-state index contributed by atoms with van der Waals surface area (Å²) in [4.78, 5) is 56.1. The fourth-order valence-electron chi connectivity index (χ4n) is 6.90. The van der Waals surface area contributed by atoms with E-state index in [0.717, 1.165) is 35.1 Å². The van der Waals surface area contributed by atoms with E-state index in [-0.39, 0.29) is 36.5 Å². The zero-order chi connectivity index (χ0) is 36.5. The first-order valence-corrected chi connectivity index (χ1v) is 17.7. The van der Waals surface area contributed by atoms with Crippen LogP contribution in [-0.2, 0) is 32.0 Å². The standard InChI is InChI=1S/C42H44N4O6/c1-51-37-13-5-3-9-31(37)27-39(47)45-25-7-11-35(45)41(49)43-33-21-17-29(18-22-33)15-16-30-19-23-34(24-20-30)44-42(50)36-12-8-26-46(36)40(48)28-32-10-4-6-14-38(32)52-2/h3-6,9-10,13-24,35-36H,7-8,11-12,25-28H2,1-2H3,(H,43,49)(H,44,50)/b16-15+/t35-,36-/m0/s1. The quantitative estimate of drug-likeness (QED) is 0.170. The first-order chi connectivity index (χ1) is 25.3. The fourth-order valence-corrected chi connectivity index (χ4v) is 6.90. The summed E-state index contributed by atoms with van der Waals surface area (Å²) in [7, 11) is 3.17. The van der Waals surface area contributed by atoms with Crippen LogP contribution in [0.5, 0.6) is 11.5 Å². The molecule has 4 aromatic rings. The number of rotatable bonds is 12. The Kier molecular flexibility index (Phi) is 11.7. The summed E-state index contributed by atoms with van der Waals surface area (Å²) in [6, 6.07) is 28.9. The van der Waals surface area contributed by atoms with Gasteiger partial charge in [0, 0.05) is 35.6 Å². The monoisotopic (exact) mass is 700 g/mol. The minimum absolute atomic E-state index is 0.0915. The van der Waals surface area contributed by atoms with Crippen LogP contribution in [0.15, 0.2) is 97.1 Å². The van der Waals surface area contributed by atoms with Crippen LogP contribution in [0.25, 0.3) is 12.2 Å².